The van der Waals surface area contributed by atoms with Crippen LogP contribution in [0.2, 0.25) is 5.02 Å². The average Bonchev–Trinajstić information content (AvgIpc) is 2.71. The Morgan fingerprint density at radius 2 is 1.80 bits per heavy atom. The fraction of sp³-hybridized carbons (Fsp3) is 0.286. The minimum absolute atomic E-state index is 0.00182. The zero-order valence-corrected chi connectivity index (χ0v) is 16.4. The molecule has 0 bridgehead atoms. The van der Waals surface area contributed by atoms with E-state index in [4.69, 9.17) is 20.8 Å². The van der Waals surface area contributed by atoms with Crippen LogP contribution in [0.4, 0.5) is 13.2 Å². The highest BCUT2D eigenvalue weighted by molar-refractivity contribution is 6.33. The van der Waals surface area contributed by atoms with Crippen LogP contribution < -0.4 is 5.43 Å². The van der Waals surface area contributed by atoms with E-state index in [9.17, 15) is 23.1 Å². The average molecular weight is 440 g/mol. The van der Waals surface area contributed by atoms with Crippen molar-refractivity contribution in [2.45, 2.75) is 12.7 Å². The van der Waals surface area contributed by atoms with Crippen LogP contribution >= 0.6 is 11.6 Å². The molecule has 0 aliphatic carbocycles. The third-order valence-corrected chi connectivity index (χ3v) is 5.35. The fourth-order valence-corrected chi connectivity index (χ4v) is 3.78. The lowest BCUT2D eigenvalue weighted by molar-refractivity contribution is -0.152. The molecule has 1 N–H and O–H groups in total. The summed E-state index contributed by atoms with van der Waals surface area (Å²) in [6.45, 7) is 2.16. The Morgan fingerprint density at radius 3 is 2.47 bits per heavy atom. The molecular formula is C21H17ClF3NO4. The molecule has 0 saturated carbocycles. The number of hydrogen-bond acceptors (Lipinski definition) is 5. The van der Waals surface area contributed by atoms with Gasteiger partial charge in [-0.15, -0.1) is 0 Å². The van der Waals surface area contributed by atoms with Gasteiger partial charge in [-0.2, -0.15) is 13.2 Å². The summed E-state index contributed by atoms with van der Waals surface area (Å²) >= 11 is 6.08. The van der Waals surface area contributed by atoms with Gasteiger partial charge in [0.1, 0.15) is 11.3 Å². The molecule has 1 aliphatic rings. The summed E-state index contributed by atoms with van der Waals surface area (Å²) in [6.07, 6.45) is -4.94. The Hall–Kier alpha value is -2.55. The maximum atomic E-state index is 13.9. The SMILES string of the molecule is O=c1c(-c2ccccc2Cl)c(C(F)(F)F)oc2c(CN3CCOCC3)c(O)ccc12. The van der Waals surface area contributed by atoms with E-state index in [2.05, 4.69) is 0 Å². The summed E-state index contributed by atoms with van der Waals surface area (Å²) in [5.74, 6) is -1.68. The van der Waals surface area contributed by atoms with Crippen molar-refractivity contribution in [3.8, 4) is 16.9 Å². The van der Waals surface area contributed by atoms with Gasteiger partial charge < -0.3 is 14.3 Å². The molecule has 0 amide bonds. The van der Waals surface area contributed by atoms with Crippen LogP contribution in [0.15, 0.2) is 45.6 Å². The number of hydrogen-bond donors (Lipinski definition) is 1. The number of ether oxygens (including phenoxy) is 1. The summed E-state index contributed by atoms with van der Waals surface area (Å²) in [5, 5.41) is 10.3. The minimum atomic E-state index is -4.94. The van der Waals surface area contributed by atoms with Gasteiger partial charge >= 0.3 is 6.18 Å². The number of morpholine rings is 1. The quantitative estimate of drug-likeness (QED) is 0.642. The van der Waals surface area contributed by atoms with Crippen molar-refractivity contribution in [2.24, 2.45) is 0 Å². The van der Waals surface area contributed by atoms with Crippen molar-refractivity contribution < 1.29 is 27.4 Å². The molecule has 4 rings (SSSR count). The van der Waals surface area contributed by atoms with Crippen molar-refractivity contribution in [2.75, 3.05) is 26.3 Å². The molecule has 3 aromatic rings. The second kappa shape index (κ2) is 7.94. The Kier molecular flexibility index (Phi) is 5.48. The molecule has 30 heavy (non-hydrogen) atoms. The molecule has 0 unspecified atom stereocenters. The van der Waals surface area contributed by atoms with E-state index in [1.54, 1.807) is 6.07 Å². The maximum Gasteiger partial charge on any atom is 0.450 e. The topological polar surface area (TPSA) is 62.9 Å². The standard InChI is InChI=1S/C21H17ClF3NO4/c22-15-4-2-1-3-12(15)17-18(28)13-5-6-16(27)14(11-26-7-9-29-10-8-26)19(13)30-20(17)21(23,24)25/h1-6,27H,7-11H2. The number of halogens is 4. The van der Waals surface area contributed by atoms with Gasteiger partial charge in [0.15, 0.2) is 0 Å². The summed E-state index contributed by atoms with van der Waals surface area (Å²) in [4.78, 5) is 15.1. The number of rotatable bonds is 3. The molecule has 0 atom stereocenters. The molecule has 1 aliphatic heterocycles. The van der Waals surface area contributed by atoms with Gasteiger partial charge in [0.2, 0.25) is 11.2 Å². The van der Waals surface area contributed by atoms with Gasteiger partial charge in [-0.25, -0.2) is 0 Å². The van der Waals surface area contributed by atoms with Gasteiger partial charge in [0.25, 0.3) is 0 Å². The first-order chi connectivity index (χ1) is 14.3. The fourth-order valence-electron chi connectivity index (χ4n) is 3.55. The van der Waals surface area contributed by atoms with Crippen molar-refractivity contribution in [3.63, 3.8) is 0 Å². The number of phenolic OH excluding ortho intramolecular Hbond substituents is 1. The molecule has 2 heterocycles. The Balaban J connectivity index is 1.99. The van der Waals surface area contributed by atoms with E-state index in [-0.39, 0.29) is 39.4 Å². The smallest absolute Gasteiger partial charge is 0.450 e. The van der Waals surface area contributed by atoms with Crippen LogP contribution in [0.5, 0.6) is 5.75 Å². The lowest BCUT2D eigenvalue weighted by Gasteiger charge is -2.27. The molecule has 5 nitrogen and oxygen atoms in total. The predicted octanol–water partition coefficient (Wildman–Crippen LogP) is 4.67. The van der Waals surface area contributed by atoms with Gasteiger partial charge in [-0.1, -0.05) is 29.8 Å². The van der Waals surface area contributed by atoms with Crippen LogP contribution in [0.3, 0.4) is 0 Å². The van der Waals surface area contributed by atoms with Gasteiger partial charge in [0.05, 0.1) is 29.7 Å². The van der Waals surface area contributed by atoms with Crippen LogP contribution in [0, 0.1) is 0 Å². The second-order valence-electron chi connectivity index (χ2n) is 6.94. The first-order valence-corrected chi connectivity index (χ1v) is 9.59. The molecule has 2 aromatic carbocycles. The summed E-state index contributed by atoms with van der Waals surface area (Å²) in [5.41, 5.74) is -1.73. The minimum Gasteiger partial charge on any atom is -0.507 e. The highest BCUT2D eigenvalue weighted by Gasteiger charge is 2.40. The highest BCUT2D eigenvalue weighted by Crippen LogP contribution is 2.40. The Labute approximate surface area is 174 Å². The maximum absolute atomic E-state index is 13.9. The number of alkyl halides is 3. The van der Waals surface area contributed by atoms with E-state index < -0.39 is 22.9 Å². The monoisotopic (exact) mass is 439 g/mol. The van der Waals surface area contributed by atoms with Crippen LogP contribution in [-0.4, -0.2) is 36.3 Å². The summed E-state index contributed by atoms with van der Waals surface area (Å²) in [6, 6.07) is 8.34. The first kappa shape index (κ1) is 20.7. The zero-order valence-electron chi connectivity index (χ0n) is 15.6. The summed E-state index contributed by atoms with van der Waals surface area (Å²) in [7, 11) is 0. The molecular weight excluding hydrogens is 423 g/mol. The molecule has 158 valence electrons. The highest BCUT2D eigenvalue weighted by atomic mass is 35.5. The van der Waals surface area contributed by atoms with E-state index in [1.807, 2.05) is 4.90 Å². The number of phenols is 1. The molecule has 0 radical (unpaired) electrons. The van der Waals surface area contributed by atoms with Crippen LogP contribution in [0.1, 0.15) is 11.3 Å². The van der Waals surface area contributed by atoms with Crippen molar-refractivity contribution in [3.05, 3.63) is 63.0 Å². The first-order valence-electron chi connectivity index (χ1n) is 9.21. The van der Waals surface area contributed by atoms with Crippen molar-refractivity contribution in [1.29, 1.82) is 0 Å². The second-order valence-corrected chi connectivity index (χ2v) is 7.35. The third kappa shape index (κ3) is 3.78. The number of benzene rings is 2. The van der Waals surface area contributed by atoms with Crippen LogP contribution in [-0.2, 0) is 17.5 Å². The lowest BCUT2D eigenvalue weighted by atomic mass is 10.00. The number of aromatic hydroxyl groups is 1. The van der Waals surface area contributed by atoms with Gasteiger partial charge in [0, 0.05) is 30.2 Å². The Morgan fingerprint density at radius 1 is 1.10 bits per heavy atom. The van der Waals surface area contributed by atoms with Crippen LogP contribution in [0.25, 0.3) is 22.1 Å². The molecule has 9 heteroatoms. The molecule has 1 saturated heterocycles. The lowest BCUT2D eigenvalue weighted by Crippen LogP contribution is -2.35. The van der Waals surface area contributed by atoms with E-state index in [0.717, 1.165) is 0 Å². The van der Waals surface area contributed by atoms with Gasteiger partial charge in [-0.3, -0.25) is 9.69 Å². The largest absolute Gasteiger partial charge is 0.507 e. The normalized spacial score (nSPS) is 15.6. The molecule has 1 aromatic heterocycles. The number of fused-ring (bicyclic) bond motifs is 1. The zero-order chi connectivity index (χ0) is 21.5. The molecule has 1 fully saturated rings. The molecule has 0 spiro atoms. The van der Waals surface area contributed by atoms with Gasteiger partial charge in [-0.05, 0) is 18.2 Å². The number of nitrogens with zero attached hydrogens (tertiary/aromatic N) is 1. The van der Waals surface area contributed by atoms with E-state index in [0.29, 0.717) is 26.3 Å². The predicted molar refractivity (Wildman–Crippen MR) is 106 cm³/mol. The third-order valence-electron chi connectivity index (χ3n) is 5.02. The van der Waals surface area contributed by atoms with Crippen molar-refractivity contribution in [1.82, 2.24) is 4.90 Å². The summed E-state index contributed by atoms with van der Waals surface area (Å²) < 4.78 is 52.3. The van der Waals surface area contributed by atoms with Crippen molar-refractivity contribution >= 4 is 22.6 Å². The van der Waals surface area contributed by atoms with E-state index in [1.165, 1.54) is 30.3 Å². The Bertz CT molecular complexity index is 1150. The van der Waals surface area contributed by atoms with E-state index >= 15 is 0 Å².